The van der Waals surface area contributed by atoms with Crippen molar-refractivity contribution in [1.29, 1.82) is 0 Å². The Morgan fingerprint density at radius 3 is 2.88 bits per heavy atom. The van der Waals surface area contributed by atoms with Gasteiger partial charge in [0.1, 0.15) is 18.5 Å². The Morgan fingerprint density at radius 2 is 2.06 bits per heavy atom. The first-order chi connectivity index (χ1) is 15.5. The maximum Gasteiger partial charge on any atom is 0.414 e. The maximum atomic E-state index is 14.5. The highest BCUT2D eigenvalue weighted by Gasteiger charge is 2.25. The minimum absolute atomic E-state index is 0.0254. The Kier molecular flexibility index (Phi) is 5.18. The zero-order chi connectivity index (χ0) is 22.2. The number of amides is 1. The molecule has 0 atom stereocenters. The van der Waals surface area contributed by atoms with E-state index in [2.05, 4.69) is 25.2 Å². The van der Waals surface area contributed by atoms with Crippen LogP contribution in [0.3, 0.4) is 0 Å². The van der Waals surface area contributed by atoms with Gasteiger partial charge in [0.05, 0.1) is 16.7 Å². The molecule has 3 aromatic rings. The second-order valence-corrected chi connectivity index (χ2v) is 8.10. The number of rotatable bonds is 3. The molecule has 0 spiro atoms. The summed E-state index contributed by atoms with van der Waals surface area (Å²) in [7, 11) is 2.04. The fourth-order valence-electron chi connectivity index (χ4n) is 4.14. The Bertz CT molecular complexity index is 1240. The van der Waals surface area contributed by atoms with Gasteiger partial charge in [0.2, 0.25) is 5.95 Å². The van der Waals surface area contributed by atoms with Gasteiger partial charge in [-0.2, -0.15) is 0 Å². The number of fused-ring (bicyclic) bond motifs is 2. The molecular weight excluding hydrogens is 413 g/mol. The molecule has 8 nitrogen and oxygen atoms in total. The topological polar surface area (TPSA) is 99.7 Å². The molecule has 1 amide bonds. The fraction of sp³-hybridized carbons (Fsp3) is 0.304. The van der Waals surface area contributed by atoms with Crippen molar-refractivity contribution in [2.45, 2.75) is 18.9 Å². The predicted octanol–water partition coefficient (Wildman–Crippen LogP) is 3.38. The standard InChI is InChI=1S/C23H22FN5O3/c1-29-9-7-14(8-10-29)32-23(31)28-22-26-17-6-5-13(11-18(17)27-22)21-20-15(19(30)12-25-21)3-2-4-16(20)24/h2-6,11,14H,7-10,12H2,1H3,(H2,26,27,28,31). The van der Waals surface area contributed by atoms with E-state index in [-0.39, 0.29) is 29.9 Å². The van der Waals surface area contributed by atoms with Gasteiger partial charge < -0.3 is 14.6 Å². The molecule has 0 radical (unpaired) electrons. The van der Waals surface area contributed by atoms with E-state index in [1.54, 1.807) is 24.3 Å². The summed E-state index contributed by atoms with van der Waals surface area (Å²) in [6, 6.07) is 9.76. The molecule has 3 heterocycles. The Labute approximate surface area is 183 Å². The van der Waals surface area contributed by atoms with E-state index >= 15 is 0 Å². The predicted molar refractivity (Wildman–Crippen MR) is 118 cm³/mol. The Balaban J connectivity index is 1.36. The molecule has 0 aliphatic carbocycles. The van der Waals surface area contributed by atoms with Crippen LogP contribution in [0.1, 0.15) is 34.3 Å². The summed E-state index contributed by atoms with van der Waals surface area (Å²) in [6.07, 6.45) is 0.945. The maximum absolute atomic E-state index is 14.5. The molecule has 2 aliphatic rings. The number of ketones is 1. The van der Waals surface area contributed by atoms with Crippen molar-refractivity contribution < 1.29 is 18.7 Å². The average molecular weight is 435 g/mol. The third-order valence-corrected chi connectivity index (χ3v) is 5.85. The number of halogens is 1. The molecule has 2 aromatic carbocycles. The van der Waals surface area contributed by atoms with Crippen molar-refractivity contribution in [3.8, 4) is 0 Å². The number of piperidine rings is 1. The number of Topliss-reactive ketones (excluding diaryl/α,β-unsaturated/α-hetero) is 1. The smallest absolute Gasteiger partial charge is 0.414 e. The fourth-order valence-corrected chi connectivity index (χ4v) is 4.14. The van der Waals surface area contributed by atoms with E-state index in [1.807, 2.05) is 7.05 Å². The lowest BCUT2D eigenvalue weighted by atomic mass is 9.92. The van der Waals surface area contributed by atoms with Gasteiger partial charge in [-0.15, -0.1) is 0 Å². The van der Waals surface area contributed by atoms with Gasteiger partial charge in [-0.1, -0.05) is 18.2 Å². The molecule has 164 valence electrons. The summed E-state index contributed by atoms with van der Waals surface area (Å²) in [4.78, 5) is 38.3. The number of likely N-dealkylation sites (tertiary alicyclic amines) is 1. The molecule has 1 saturated heterocycles. The molecule has 0 bridgehead atoms. The minimum Gasteiger partial charge on any atom is -0.446 e. The van der Waals surface area contributed by atoms with Crippen molar-refractivity contribution in [1.82, 2.24) is 14.9 Å². The summed E-state index contributed by atoms with van der Waals surface area (Å²) >= 11 is 0. The van der Waals surface area contributed by atoms with E-state index in [0.29, 0.717) is 27.9 Å². The van der Waals surface area contributed by atoms with Crippen LogP contribution in [0.5, 0.6) is 0 Å². The Hall–Kier alpha value is -3.59. The summed E-state index contributed by atoms with van der Waals surface area (Å²) < 4.78 is 20.0. The van der Waals surface area contributed by atoms with Gasteiger partial charge in [0, 0.05) is 29.8 Å². The van der Waals surface area contributed by atoms with Crippen LogP contribution in [0.2, 0.25) is 0 Å². The van der Waals surface area contributed by atoms with Gasteiger partial charge in [-0.25, -0.2) is 14.2 Å². The number of benzene rings is 2. The summed E-state index contributed by atoms with van der Waals surface area (Å²) in [6.45, 7) is 1.76. The second kappa shape index (κ2) is 8.16. The van der Waals surface area contributed by atoms with Crippen LogP contribution in [0, 0.1) is 5.82 Å². The van der Waals surface area contributed by atoms with E-state index in [0.717, 1.165) is 25.9 Å². The van der Waals surface area contributed by atoms with Crippen LogP contribution >= 0.6 is 0 Å². The monoisotopic (exact) mass is 435 g/mol. The summed E-state index contributed by atoms with van der Waals surface area (Å²) in [5.74, 6) is -0.430. The van der Waals surface area contributed by atoms with Crippen LogP contribution in [-0.4, -0.2) is 65.2 Å². The highest BCUT2D eigenvalue weighted by Crippen LogP contribution is 2.25. The number of carbonyl (C=O) groups excluding carboxylic acids is 2. The molecule has 9 heteroatoms. The molecule has 1 aromatic heterocycles. The molecule has 5 rings (SSSR count). The van der Waals surface area contributed by atoms with Crippen LogP contribution in [0.15, 0.2) is 41.4 Å². The van der Waals surface area contributed by atoms with Crippen molar-refractivity contribution in [3.05, 3.63) is 58.9 Å². The highest BCUT2D eigenvalue weighted by atomic mass is 19.1. The molecule has 32 heavy (non-hydrogen) atoms. The lowest BCUT2D eigenvalue weighted by Gasteiger charge is -2.28. The largest absolute Gasteiger partial charge is 0.446 e. The minimum atomic E-state index is -0.551. The quantitative estimate of drug-likeness (QED) is 0.657. The normalized spacial score (nSPS) is 17.2. The third kappa shape index (κ3) is 3.87. The first-order valence-electron chi connectivity index (χ1n) is 10.5. The van der Waals surface area contributed by atoms with Crippen LogP contribution < -0.4 is 5.32 Å². The number of aromatic amines is 1. The van der Waals surface area contributed by atoms with Gasteiger partial charge >= 0.3 is 6.09 Å². The number of aliphatic imine (C=N–C) groups is 1. The molecule has 1 fully saturated rings. The van der Waals surface area contributed by atoms with E-state index in [1.165, 1.54) is 12.1 Å². The van der Waals surface area contributed by atoms with E-state index < -0.39 is 11.9 Å². The number of nitrogens with zero attached hydrogens (tertiary/aromatic N) is 3. The number of hydrogen-bond donors (Lipinski definition) is 2. The molecule has 0 unspecified atom stereocenters. The second-order valence-electron chi connectivity index (χ2n) is 8.10. The number of H-pyrrole nitrogens is 1. The number of hydrogen-bond acceptors (Lipinski definition) is 6. The molecule has 2 aliphatic heterocycles. The highest BCUT2D eigenvalue weighted by molar-refractivity contribution is 6.22. The Morgan fingerprint density at radius 1 is 1.25 bits per heavy atom. The van der Waals surface area contributed by atoms with Crippen LogP contribution in [-0.2, 0) is 4.74 Å². The van der Waals surface area contributed by atoms with Crippen molar-refractivity contribution in [2.24, 2.45) is 4.99 Å². The number of aromatic nitrogens is 2. The number of imidazole rings is 1. The van der Waals surface area contributed by atoms with E-state index in [9.17, 15) is 14.0 Å². The number of carbonyl (C=O) groups is 2. The van der Waals surface area contributed by atoms with Gasteiger partial charge in [-0.3, -0.25) is 15.1 Å². The van der Waals surface area contributed by atoms with E-state index in [4.69, 9.17) is 4.74 Å². The number of nitrogens with one attached hydrogen (secondary N) is 2. The molecular formula is C23H22FN5O3. The SMILES string of the molecule is CN1CCC(OC(=O)Nc2nc3ccc(C4=NCC(=O)c5cccc(F)c54)cc3[nH]2)CC1. The number of ether oxygens (including phenoxy) is 1. The number of anilines is 1. The van der Waals surface area contributed by atoms with Gasteiger partial charge in [-0.05, 0) is 38.1 Å². The van der Waals surface area contributed by atoms with Crippen molar-refractivity contribution in [3.63, 3.8) is 0 Å². The third-order valence-electron chi connectivity index (χ3n) is 5.85. The lowest BCUT2D eigenvalue weighted by molar-refractivity contribution is 0.0661. The first kappa shape index (κ1) is 20.3. The summed E-state index contributed by atoms with van der Waals surface area (Å²) in [5.41, 5.74) is 2.89. The van der Waals surface area contributed by atoms with Crippen molar-refractivity contribution >= 4 is 34.6 Å². The lowest BCUT2D eigenvalue weighted by Crippen LogP contribution is -2.36. The zero-order valence-corrected chi connectivity index (χ0v) is 17.5. The van der Waals surface area contributed by atoms with Gasteiger partial charge in [0.15, 0.2) is 5.78 Å². The first-order valence-corrected chi connectivity index (χ1v) is 10.5. The summed E-state index contributed by atoms with van der Waals surface area (Å²) in [5, 5.41) is 2.64. The average Bonchev–Trinajstić information content (AvgIpc) is 3.17. The van der Waals surface area contributed by atoms with Crippen LogP contribution in [0.4, 0.5) is 15.1 Å². The zero-order valence-electron chi connectivity index (χ0n) is 17.5. The molecule has 0 saturated carbocycles. The van der Waals surface area contributed by atoms with Gasteiger partial charge in [0.25, 0.3) is 0 Å². The van der Waals surface area contributed by atoms with Crippen LogP contribution in [0.25, 0.3) is 11.0 Å². The van der Waals surface area contributed by atoms with Crippen molar-refractivity contribution in [2.75, 3.05) is 32.0 Å². The molecule has 2 N–H and O–H groups in total.